The molecule has 1 heterocycles. The SMILES string of the molecule is CN(C(=O)c1cc(Cl)c[nH]1)c1cccc(O)c1. The minimum Gasteiger partial charge on any atom is -0.508 e. The van der Waals surface area contributed by atoms with Crippen LogP contribution >= 0.6 is 11.6 Å². The molecule has 2 N–H and O–H groups in total. The molecule has 0 aliphatic heterocycles. The Morgan fingerprint density at radius 1 is 1.41 bits per heavy atom. The third kappa shape index (κ3) is 2.42. The van der Waals surface area contributed by atoms with E-state index in [1.54, 1.807) is 37.5 Å². The van der Waals surface area contributed by atoms with Gasteiger partial charge in [0.2, 0.25) is 0 Å². The number of aromatic hydroxyl groups is 1. The van der Waals surface area contributed by atoms with Crippen molar-refractivity contribution in [2.75, 3.05) is 11.9 Å². The maximum atomic E-state index is 12.0. The predicted molar refractivity (Wildman–Crippen MR) is 66.6 cm³/mol. The number of aromatic amines is 1. The van der Waals surface area contributed by atoms with Crippen LogP contribution in [0.4, 0.5) is 5.69 Å². The maximum absolute atomic E-state index is 12.0. The molecule has 1 amide bonds. The van der Waals surface area contributed by atoms with Gasteiger partial charge in [-0.3, -0.25) is 4.79 Å². The van der Waals surface area contributed by atoms with Gasteiger partial charge in [0.25, 0.3) is 5.91 Å². The molecule has 0 bridgehead atoms. The zero-order chi connectivity index (χ0) is 12.4. The van der Waals surface area contributed by atoms with Gasteiger partial charge in [0.1, 0.15) is 11.4 Å². The quantitative estimate of drug-likeness (QED) is 0.861. The van der Waals surface area contributed by atoms with Gasteiger partial charge in [-0.1, -0.05) is 17.7 Å². The van der Waals surface area contributed by atoms with Crippen LogP contribution < -0.4 is 4.90 Å². The van der Waals surface area contributed by atoms with Gasteiger partial charge in [-0.05, 0) is 18.2 Å². The first-order chi connectivity index (χ1) is 8.08. The van der Waals surface area contributed by atoms with E-state index in [0.29, 0.717) is 16.4 Å². The number of nitrogens with one attached hydrogen (secondary N) is 1. The Hall–Kier alpha value is -1.94. The van der Waals surface area contributed by atoms with Crippen LogP contribution in [0.5, 0.6) is 5.75 Å². The minimum atomic E-state index is -0.220. The van der Waals surface area contributed by atoms with E-state index in [-0.39, 0.29) is 11.7 Å². The largest absolute Gasteiger partial charge is 0.508 e. The number of benzene rings is 1. The van der Waals surface area contributed by atoms with Crippen molar-refractivity contribution < 1.29 is 9.90 Å². The highest BCUT2D eigenvalue weighted by Crippen LogP contribution is 2.21. The van der Waals surface area contributed by atoms with E-state index in [2.05, 4.69) is 4.98 Å². The number of amides is 1. The van der Waals surface area contributed by atoms with Crippen LogP contribution in [0.1, 0.15) is 10.5 Å². The highest BCUT2D eigenvalue weighted by Gasteiger charge is 2.15. The second-order valence-electron chi connectivity index (χ2n) is 3.62. The van der Waals surface area contributed by atoms with Crippen LogP contribution in [0, 0.1) is 0 Å². The van der Waals surface area contributed by atoms with Crippen LogP contribution in [0.15, 0.2) is 36.5 Å². The van der Waals surface area contributed by atoms with Crippen LogP contribution in [-0.4, -0.2) is 23.0 Å². The van der Waals surface area contributed by atoms with E-state index >= 15 is 0 Å². The zero-order valence-electron chi connectivity index (χ0n) is 9.14. The smallest absolute Gasteiger partial charge is 0.274 e. The van der Waals surface area contributed by atoms with E-state index in [0.717, 1.165) is 0 Å². The number of hydrogen-bond acceptors (Lipinski definition) is 2. The van der Waals surface area contributed by atoms with Crippen molar-refractivity contribution in [3.63, 3.8) is 0 Å². The molecule has 0 saturated carbocycles. The van der Waals surface area contributed by atoms with E-state index < -0.39 is 0 Å². The van der Waals surface area contributed by atoms with Crippen LogP contribution in [0.2, 0.25) is 5.02 Å². The normalized spacial score (nSPS) is 10.2. The number of anilines is 1. The van der Waals surface area contributed by atoms with E-state index in [4.69, 9.17) is 11.6 Å². The first-order valence-corrected chi connectivity index (χ1v) is 5.37. The maximum Gasteiger partial charge on any atom is 0.274 e. The molecule has 1 aromatic heterocycles. The Labute approximate surface area is 103 Å². The topological polar surface area (TPSA) is 56.3 Å². The van der Waals surface area contributed by atoms with Gasteiger partial charge in [-0.25, -0.2) is 0 Å². The van der Waals surface area contributed by atoms with Crippen LogP contribution in [-0.2, 0) is 0 Å². The summed E-state index contributed by atoms with van der Waals surface area (Å²) >= 11 is 5.74. The molecule has 2 rings (SSSR count). The molecule has 0 atom stereocenters. The lowest BCUT2D eigenvalue weighted by Crippen LogP contribution is -2.26. The standard InChI is InChI=1S/C12H11ClN2O2/c1-15(9-3-2-4-10(16)6-9)12(17)11-5-8(13)7-14-11/h2-7,14,16H,1H3. The Morgan fingerprint density at radius 3 is 2.76 bits per heavy atom. The van der Waals surface area contributed by atoms with Crippen molar-refractivity contribution in [3.05, 3.63) is 47.2 Å². The summed E-state index contributed by atoms with van der Waals surface area (Å²) in [6.45, 7) is 0. The van der Waals surface area contributed by atoms with Crippen molar-refractivity contribution in [1.29, 1.82) is 0 Å². The monoisotopic (exact) mass is 250 g/mol. The fraction of sp³-hybridized carbons (Fsp3) is 0.0833. The molecule has 0 unspecified atom stereocenters. The molecule has 0 fully saturated rings. The lowest BCUT2D eigenvalue weighted by Gasteiger charge is -2.16. The summed E-state index contributed by atoms with van der Waals surface area (Å²) in [7, 11) is 1.63. The molecule has 88 valence electrons. The molecule has 0 spiro atoms. The van der Waals surface area contributed by atoms with Gasteiger partial charge in [0, 0.05) is 25.0 Å². The summed E-state index contributed by atoms with van der Waals surface area (Å²) in [5.74, 6) is -0.103. The third-order valence-electron chi connectivity index (χ3n) is 2.40. The van der Waals surface area contributed by atoms with Gasteiger partial charge in [0.15, 0.2) is 0 Å². The van der Waals surface area contributed by atoms with E-state index in [9.17, 15) is 9.90 Å². The van der Waals surface area contributed by atoms with Crippen LogP contribution in [0.3, 0.4) is 0 Å². The molecule has 17 heavy (non-hydrogen) atoms. The lowest BCUT2D eigenvalue weighted by molar-refractivity contribution is 0.0989. The predicted octanol–water partition coefficient (Wildman–Crippen LogP) is 2.65. The van der Waals surface area contributed by atoms with E-state index in [1.807, 2.05) is 0 Å². The summed E-state index contributed by atoms with van der Waals surface area (Å²) in [5, 5.41) is 9.84. The highest BCUT2D eigenvalue weighted by molar-refractivity contribution is 6.31. The Balaban J connectivity index is 2.26. The molecule has 4 nitrogen and oxygen atoms in total. The molecule has 1 aromatic carbocycles. The number of hydrogen-bond donors (Lipinski definition) is 2. The number of carbonyl (C=O) groups excluding carboxylic acids is 1. The van der Waals surface area contributed by atoms with Gasteiger partial charge >= 0.3 is 0 Å². The van der Waals surface area contributed by atoms with Crippen LogP contribution in [0.25, 0.3) is 0 Å². The fourth-order valence-corrected chi connectivity index (χ4v) is 1.65. The molecular weight excluding hydrogens is 240 g/mol. The van der Waals surface area contributed by atoms with Crippen molar-refractivity contribution in [3.8, 4) is 5.75 Å². The molecule has 0 radical (unpaired) electrons. The molecule has 0 saturated heterocycles. The van der Waals surface area contributed by atoms with Gasteiger partial charge in [0.05, 0.1) is 5.02 Å². The minimum absolute atomic E-state index is 0.117. The Bertz CT molecular complexity index is 551. The number of phenolic OH excluding ortho intramolecular Hbond substituents is 1. The van der Waals surface area contributed by atoms with Crippen molar-refractivity contribution in [1.82, 2.24) is 4.98 Å². The number of nitrogens with zero attached hydrogens (tertiary/aromatic N) is 1. The Morgan fingerprint density at radius 2 is 2.18 bits per heavy atom. The average molecular weight is 251 g/mol. The zero-order valence-corrected chi connectivity index (χ0v) is 9.90. The van der Waals surface area contributed by atoms with Gasteiger partial charge < -0.3 is 15.0 Å². The molecular formula is C12H11ClN2O2. The summed E-state index contributed by atoms with van der Waals surface area (Å²) in [6, 6.07) is 8.04. The van der Waals surface area contributed by atoms with E-state index in [1.165, 1.54) is 11.0 Å². The third-order valence-corrected chi connectivity index (χ3v) is 2.62. The molecule has 2 aromatic rings. The lowest BCUT2D eigenvalue weighted by atomic mass is 10.2. The summed E-state index contributed by atoms with van der Waals surface area (Å²) in [4.78, 5) is 16.2. The van der Waals surface area contributed by atoms with Crippen molar-refractivity contribution >= 4 is 23.2 Å². The number of carbonyl (C=O) groups is 1. The summed E-state index contributed by atoms with van der Waals surface area (Å²) in [5.41, 5.74) is 1.02. The number of aromatic nitrogens is 1. The number of rotatable bonds is 2. The molecule has 0 aliphatic carbocycles. The number of halogens is 1. The number of phenols is 1. The first-order valence-electron chi connectivity index (χ1n) is 4.99. The second-order valence-corrected chi connectivity index (χ2v) is 4.05. The average Bonchev–Trinajstić information content (AvgIpc) is 2.74. The first kappa shape index (κ1) is 11.5. The molecule has 0 aliphatic rings. The summed E-state index contributed by atoms with van der Waals surface area (Å²) in [6.07, 6.45) is 1.55. The van der Waals surface area contributed by atoms with Crippen molar-refractivity contribution in [2.24, 2.45) is 0 Å². The number of H-pyrrole nitrogens is 1. The fourth-order valence-electron chi connectivity index (χ4n) is 1.49. The highest BCUT2D eigenvalue weighted by atomic mass is 35.5. The van der Waals surface area contributed by atoms with Crippen molar-refractivity contribution in [2.45, 2.75) is 0 Å². The van der Waals surface area contributed by atoms with Gasteiger partial charge in [-0.15, -0.1) is 0 Å². The Kier molecular flexibility index (Phi) is 3.06. The molecule has 5 heteroatoms. The second kappa shape index (κ2) is 4.51. The van der Waals surface area contributed by atoms with Gasteiger partial charge in [-0.2, -0.15) is 0 Å². The summed E-state index contributed by atoms with van der Waals surface area (Å²) < 4.78 is 0.